The number of anilines is 1. The first kappa shape index (κ1) is 24.2. The molecule has 0 aliphatic heterocycles. The van der Waals surface area contributed by atoms with Gasteiger partial charge in [0, 0.05) is 0 Å². The molecular formula is C27H27N3O4S. The second-order valence-corrected chi connectivity index (χ2v) is 10.0. The SMILES string of the molecule is Cc1ccccc1CC(=O)NCc1nc(-c2ccccc2NS(=O)(=O)Cc2ccccc2)oc1C. The Balaban J connectivity index is 1.47. The predicted molar refractivity (Wildman–Crippen MR) is 136 cm³/mol. The van der Waals surface area contributed by atoms with Crippen LogP contribution < -0.4 is 10.0 Å². The van der Waals surface area contributed by atoms with Gasteiger partial charge in [0.2, 0.25) is 21.8 Å². The molecule has 2 N–H and O–H groups in total. The number of para-hydroxylation sites is 1. The molecule has 3 aromatic carbocycles. The highest BCUT2D eigenvalue weighted by Gasteiger charge is 2.19. The first-order chi connectivity index (χ1) is 16.8. The number of benzene rings is 3. The molecule has 0 saturated heterocycles. The molecule has 0 spiro atoms. The maximum absolute atomic E-state index is 12.8. The van der Waals surface area contributed by atoms with Gasteiger partial charge in [0.25, 0.3) is 0 Å². The van der Waals surface area contributed by atoms with E-state index in [1.165, 1.54) is 0 Å². The van der Waals surface area contributed by atoms with Crippen molar-refractivity contribution in [3.05, 3.63) is 107 Å². The Morgan fingerprint density at radius 3 is 2.37 bits per heavy atom. The molecule has 0 aliphatic carbocycles. The summed E-state index contributed by atoms with van der Waals surface area (Å²) in [6.07, 6.45) is 0.280. The largest absolute Gasteiger partial charge is 0.441 e. The normalized spacial score (nSPS) is 11.3. The molecule has 0 aliphatic rings. The summed E-state index contributed by atoms with van der Waals surface area (Å²) in [5, 5.41) is 2.89. The van der Waals surface area contributed by atoms with E-state index in [2.05, 4.69) is 15.0 Å². The predicted octanol–water partition coefficient (Wildman–Crippen LogP) is 4.76. The van der Waals surface area contributed by atoms with Gasteiger partial charge in [-0.1, -0.05) is 66.7 Å². The number of aryl methyl sites for hydroxylation is 2. The quantitative estimate of drug-likeness (QED) is 0.353. The standard InChI is InChI=1S/C27H27N3O4S/c1-19-10-6-7-13-22(19)16-26(31)28-17-25-20(2)34-27(29-25)23-14-8-9-15-24(23)30-35(32,33)18-21-11-4-3-5-12-21/h3-15,30H,16-18H2,1-2H3,(H,28,31). The van der Waals surface area contributed by atoms with Crippen LogP contribution in [-0.2, 0) is 33.5 Å². The zero-order valence-corrected chi connectivity index (χ0v) is 20.4. The van der Waals surface area contributed by atoms with E-state index < -0.39 is 10.0 Å². The number of rotatable bonds is 9. The van der Waals surface area contributed by atoms with E-state index in [0.29, 0.717) is 28.3 Å². The number of aromatic nitrogens is 1. The average molecular weight is 490 g/mol. The number of oxazole rings is 1. The van der Waals surface area contributed by atoms with E-state index in [1.54, 1.807) is 55.5 Å². The number of amides is 1. The average Bonchev–Trinajstić information content (AvgIpc) is 3.20. The van der Waals surface area contributed by atoms with Gasteiger partial charge in [0.05, 0.1) is 30.0 Å². The lowest BCUT2D eigenvalue weighted by Gasteiger charge is -2.11. The number of carbonyl (C=O) groups is 1. The second kappa shape index (κ2) is 10.6. The summed E-state index contributed by atoms with van der Waals surface area (Å²) in [6.45, 7) is 3.95. The summed E-state index contributed by atoms with van der Waals surface area (Å²) < 4.78 is 34.0. The molecule has 1 aromatic heterocycles. The lowest BCUT2D eigenvalue weighted by molar-refractivity contribution is -0.120. The van der Waals surface area contributed by atoms with Crippen LogP contribution in [0.3, 0.4) is 0 Å². The number of carbonyl (C=O) groups excluding carboxylic acids is 1. The molecule has 0 saturated carbocycles. The summed E-state index contributed by atoms with van der Waals surface area (Å²) in [5.74, 6) is 0.574. The van der Waals surface area contributed by atoms with Crippen LogP contribution in [0, 0.1) is 13.8 Å². The van der Waals surface area contributed by atoms with Gasteiger partial charge in [0.1, 0.15) is 11.5 Å². The van der Waals surface area contributed by atoms with Gasteiger partial charge >= 0.3 is 0 Å². The monoisotopic (exact) mass is 489 g/mol. The first-order valence-electron chi connectivity index (χ1n) is 11.2. The third-order valence-electron chi connectivity index (χ3n) is 5.58. The molecular weight excluding hydrogens is 462 g/mol. The van der Waals surface area contributed by atoms with Crippen LogP contribution in [0.2, 0.25) is 0 Å². The Morgan fingerprint density at radius 1 is 0.914 bits per heavy atom. The third kappa shape index (κ3) is 6.36. The van der Waals surface area contributed by atoms with Crippen LogP contribution in [0.4, 0.5) is 5.69 Å². The van der Waals surface area contributed by atoms with Gasteiger partial charge in [-0.25, -0.2) is 13.4 Å². The zero-order valence-electron chi connectivity index (χ0n) is 19.6. The minimum atomic E-state index is -3.65. The van der Waals surface area contributed by atoms with Gasteiger partial charge in [-0.2, -0.15) is 0 Å². The Bertz CT molecular complexity index is 1430. The van der Waals surface area contributed by atoms with Crippen LogP contribution in [0.5, 0.6) is 0 Å². The van der Waals surface area contributed by atoms with E-state index in [4.69, 9.17) is 4.42 Å². The van der Waals surface area contributed by atoms with Crippen LogP contribution in [0.1, 0.15) is 28.1 Å². The number of hydrogen-bond donors (Lipinski definition) is 2. The Morgan fingerprint density at radius 2 is 1.60 bits per heavy atom. The smallest absolute Gasteiger partial charge is 0.236 e. The van der Waals surface area contributed by atoms with Crippen LogP contribution in [0.25, 0.3) is 11.5 Å². The van der Waals surface area contributed by atoms with Crippen LogP contribution in [0.15, 0.2) is 83.3 Å². The van der Waals surface area contributed by atoms with Gasteiger partial charge in [-0.3, -0.25) is 9.52 Å². The fourth-order valence-electron chi connectivity index (χ4n) is 3.69. The molecule has 0 bridgehead atoms. The Kier molecular flexibility index (Phi) is 7.31. The topological polar surface area (TPSA) is 101 Å². The summed E-state index contributed by atoms with van der Waals surface area (Å²) in [5.41, 5.74) is 4.20. The molecule has 1 amide bonds. The van der Waals surface area contributed by atoms with Gasteiger partial charge in [-0.15, -0.1) is 0 Å². The van der Waals surface area contributed by atoms with Crippen molar-refractivity contribution in [3.63, 3.8) is 0 Å². The lowest BCUT2D eigenvalue weighted by Crippen LogP contribution is -2.25. The Hall–Kier alpha value is -3.91. The first-order valence-corrected chi connectivity index (χ1v) is 12.9. The summed E-state index contributed by atoms with van der Waals surface area (Å²) >= 11 is 0. The molecule has 0 radical (unpaired) electrons. The zero-order chi connectivity index (χ0) is 24.8. The van der Waals surface area contributed by atoms with E-state index in [0.717, 1.165) is 11.1 Å². The Labute approximate surface area is 205 Å². The molecule has 1 heterocycles. The molecule has 7 nitrogen and oxygen atoms in total. The van der Waals surface area contributed by atoms with E-state index >= 15 is 0 Å². The maximum Gasteiger partial charge on any atom is 0.236 e. The van der Waals surface area contributed by atoms with Crippen molar-refractivity contribution in [2.24, 2.45) is 0 Å². The number of sulfonamides is 1. The minimum Gasteiger partial charge on any atom is -0.441 e. The second-order valence-electron chi connectivity index (χ2n) is 8.29. The highest BCUT2D eigenvalue weighted by atomic mass is 32.2. The lowest BCUT2D eigenvalue weighted by atomic mass is 10.1. The molecule has 8 heteroatoms. The third-order valence-corrected chi connectivity index (χ3v) is 6.82. The highest BCUT2D eigenvalue weighted by Crippen LogP contribution is 2.30. The van der Waals surface area contributed by atoms with Crippen molar-refractivity contribution in [1.29, 1.82) is 0 Å². The van der Waals surface area contributed by atoms with Gasteiger partial charge < -0.3 is 9.73 Å². The molecule has 35 heavy (non-hydrogen) atoms. The summed E-state index contributed by atoms with van der Waals surface area (Å²) in [4.78, 5) is 17.0. The molecule has 0 unspecified atom stereocenters. The molecule has 180 valence electrons. The summed E-state index contributed by atoms with van der Waals surface area (Å²) in [6, 6.07) is 23.7. The number of hydrogen-bond acceptors (Lipinski definition) is 5. The van der Waals surface area contributed by atoms with Gasteiger partial charge in [0.15, 0.2) is 0 Å². The van der Waals surface area contributed by atoms with Crippen LogP contribution in [-0.4, -0.2) is 19.3 Å². The minimum absolute atomic E-state index is 0.114. The van der Waals surface area contributed by atoms with Gasteiger partial charge in [-0.05, 0) is 42.7 Å². The highest BCUT2D eigenvalue weighted by molar-refractivity contribution is 7.91. The fourth-order valence-corrected chi connectivity index (χ4v) is 4.91. The van der Waals surface area contributed by atoms with E-state index in [-0.39, 0.29) is 30.5 Å². The molecule has 0 atom stereocenters. The van der Waals surface area contributed by atoms with Crippen molar-refractivity contribution < 1.29 is 17.6 Å². The molecule has 0 fully saturated rings. The van der Waals surface area contributed by atoms with E-state index in [9.17, 15) is 13.2 Å². The molecule has 4 aromatic rings. The number of nitrogens with zero attached hydrogens (tertiary/aromatic N) is 1. The summed E-state index contributed by atoms with van der Waals surface area (Å²) in [7, 11) is -3.65. The van der Waals surface area contributed by atoms with Crippen molar-refractivity contribution >= 4 is 21.6 Å². The van der Waals surface area contributed by atoms with Crippen molar-refractivity contribution in [3.8, 4) is 11.5 Å². The number of nitrogens with one attached hydrogen (secondary N) is 2. The van der Waals surface area contributed by atoms with Crippen molar-refractivity contribution in [1.82, 2.24) is 10.3 Å². The van der Waals surface area contributed by atoms with E-state index in [1.807, 2.05) is 37.3 Å². The van der Waals surface area contributed by atoms with Crippen LogP contribution >= 0.6 is 0 Å². The maximum atomic E-state index is 12.8. The molecule has 4 rings (SSSR count). The van der Waals surface area contributed by atoms with Crippen molar-refractivity contribution in [2.45, 2.75) is 32.6 Å². The van der Waals surface area contributed by atoms with Crippen molar-refractivity contribution in [2.75, 3.05) is 4.72 Å². The fraction of sp³-hybridized carbons (Fsp3) is 0.185.